The normalized spacial score (nSPS) is 22.6. The van der Waals surface area contributed by atoms with Crippen LogP contribution in [-0.4, -0.2) is 84.8 Å². The first-order valence-corrected chi connectivity index (χ1v) is 11.9. The van der Waals surface area contributed by atoms with Crippen LogP contribution in [0.5, 0.6) is 0 Å². The number of rotatable bonds is 4. The Morgan fingerprint density at radius 2 is 1.82 bits per heavy atom. The lowest BCUT2D eigenvalue weighted by molar-refractivity contribution is -0.0585. The quantitative estimate of drug-likeness (QED) is 0.683. The molecular formula is C27H33FN4O2. The van der Waals surface area contributed by atoms with Crippen molar-refractivity contribution in [2.45, 2.75) is 30.8 Å². The van der Waals surface area contributed by atoms with Crippen molar-refractivity contribution in [1.82, 2.24) is 14.7 Å². The molecule has 0 aromatic heterocycles. The fourth-order valence-corrected chi connectivity index (χ4v) is 4.95. The number of anilines is 1. The second-order valence-corrected chi connectivity index (χ2v) is 9.33. The summed E-state index contributed by atoms with van der Waals surface area (Å²) in [5.74, 6) is 6.16. The number of fused-ring (bicyclic) bond motifs is 1. The summed E-state index contributed by atoms with van der Waals surface area (Å²) in [6, 6.07) is 14.1. The van der Waals surface area contributed by atoms with Gasteiger partial charge in [0.15, 0.2) is 0 Å². The van der Waals surface area contributed by atoms with E-state index in [1.165, 1.54) is 12.1 Å². The highest BCUT2D eigenvalue weighted by atomic mass is 19.1. The van der Waals surface area contributed by atoms with Crippen LogP contribution in [0.2, 0.25) is 0 Å². The van der Waals surface area contributed by atoms with Crippen LogP contribution in [0.3, 0.4) is 0 Å². The largest absolute Gasteiger partial charge is 0.395 e. The van der Waals surface area contributed by atoms with Crippen LogP contribution < -0.4 is 5.32 Å². The molecule has 0 radical (unpaired) electrons. The van der Waals surface area contributed by atoms with E-state index in [1.807, 2.05) is 36.0 Å². The van der Waals surface area contributed by atoms with Crippen LogP contribution >= 0.6 is 0 Å². The standard InChI is InChI=1S/C27H33FN4O2/c1-30(2)15-5-6-20-7-9-21(10-8-20)26-24-18-31(16-3-4-17-32(24)25(26)19-33)27(34)29-23-13-11-22(28)12-14-23/h7-14,24-26,33H,3-4,15-19H2,1-2H3,(H,29,34)/t24-,25+,26+/m0/s1. The van der Waals surface area contributed by atoms with Crippen molar-refractivity contribution < 1.29 is 14.3 Å². The van der Waals surface area contributed by atoms with E-state index in [9.17, 15) is 14.3 Å². The van der Waals surface area contributed by atoms with Crippen molar-refractivity contribution in [2.24, 2.45) is 0 Å². The van der Waals surface area contributed by atoms with Gasteiger partial charge in [-0.05, 0) is 75.4 Å². The molecule has 3 atom stereocenters. The molecule has 4 rings (SSSR count). The lowest BCUT2D eigenvalue weighted by Gasteiger charge is -2.57. The smallest absolute Gasteiger partial charge is 0.321 e. The van der Waals surface area contributed by atoms with E-state index >= 15 is 0 Å². The molecule has 0 bridgehead atoms. The third kappa shape index (κ3) is 5.58. The molecule has 2 heterocycles. The molecule has 0 unspecified atom stereocenters. The number of carbonyl (C=O) groups is 1. The first-order chi connectivity index (χ1) is 16.5. The van der Waals surface area contributed by atoms with Crippen molar-refractivity contribution in [3.63, 3.8) is 0 Å². The second kappa shape index (κ2) is 11.0. The van der Waals surface area contributed by atoms with E-state index in [1.54, 1.807) is 12.1 Å². The Balaban J connectivity index is 1.48. The summed E-state index contributed by atoms with van der Waals surface area (Å²) in [6.45, 7) is 2.98. The number of halogens is 1. The average molecular weight is 465 g/mol. The number of nitrogens with zero attached hydrogens (tertiary/aromatic N) is 3. The van der Waals surface area contributed by atoms with E-state index in [-0.39, 0.29) is 36.5 Å². The minimum atomic E-state index is -0.332. The van der Waals surface area contributed by atoms with Gasteiger partial charge in [-0.25, -0.2) is 9.18 Å². The summed E-state index contributed by atoms with van der Waals surface area (Å²) in [7, 11) is 3.99. The molecule has 2 aromatic rings. The molecule has 2 amide bonds. The molecule has 0 spiro atoms. The molecule has 0 aliphatic carbocycles. The first kappa shape index (κ1) is 24.2. The summed E-state index contributed by atoms with van der Waals surface area (Å²) in [5.41, 5.74) is 2.72. The number of hydrogen-bond acceptors (Lipinski definition) is 4. The number of hydrogen-bond donors (Lipinski definition) is 2. The molecule has 6 nitrogen and oxygen atoms in total. The lowest BCUT2D eigenvalue weighted by Crippen LogP contribution is -2.68. The summed E-state index contributed by atoms with van der Waals surface area (Å²) in [5, 5.41) is 13.0. The topological polar surface area (TPSA) is 59.1 Å². The molecule has 34 heavy (non-hydrogen) atoms. The van der Waals surface area contributed by atoms with Crippen LogP contribution in [0, 0.1) is 17.7 Å². The third-order valence-electron chi connectivity index (χ3n) is 6.68. The number of urea groups is 1. The Bertz CT molecular complexity index is 1030. The van der Waals surface area contributed by atoms with E-state index < -0.39 is 0 Å². The van der Waals surface area contributed by atoms with E-state index in [0.717, 1.165) is 30.5 Å². The minimum absolute atomic E-state index is 0.0517. The van der Waals surface area contributed by atoms with Crippen LogP contribution in [0.4, 0.5) is 14.9 Å². The van der Waals surface area contributed by atoms with Crippen LogP contribution in [0.25, 0.3) is 0 Å². The third-order valence-corrected chi connectivity index (χ3v) is 6.68. The maximum Gasteiger partial charge on any atom is 0.321 e. The van der Waals surface area contributed by atoms with Crippen molar-refractivity contribution >= 4 is 11.7 Å². The monoisotopic (exact) mass is 464 g/mol. The van der Waals surface area contributed by atoms with Gasteiger partial charge >= 0.3 is 6.03 Å². The van der Waals surface area contributed by atoms with Gasteiger partial charge < -0.3 is 15.3 Å². The van der Waals surface area contributed by atoms with Gasteiger partial charge in [0, 0.05) is 42.3 Å². The highest BCUT2D eigenvalue weighted by Crippen LogP contribution is 2.42. The molecule has 0 saturated carbocycles. The minimum Gasteiger partial charge on any atom is -0.395 e. The number of aliphatic hydroxyl groups excluding tert-OH is 1. The fraction of sp³-hybridized carbons (Fsp3) is 0.444. The highest BCUT2D eigenvalue weighted by Gasteiger charge is 2.49. The Morgan fingerprint density at radius 3 is 2.50 bits per heavy atom. The lowest BCUT2D eigenvalue weighted by atomic mass is 9.74. The van der Waals surface area contributed by atoms with Gasteiger partial charge in [-0.1, -0.05) is 24.0 Å². The maximum absolute atomic E-state index is 13.2. The van der Waals surface area contributed by atoms with E-state index in [4.69, 9.17) is 0 Å². The molecule has 2 fully saturated rings. The number of amides is 2. The zero-order valence-corrected chi connectivity index (χ0v) is 19.9. The van der Waals surface area contributed by atoms with Gasteiger partial charge in [-0.2, -0.15) is 0 Å². The summed E-state index contributed by atoms with van der Waals surface area (Å²) < 4.78 is 13.2. The maximum atomic E-state index is 13.2. The zero-order valence-electron chi connectivity index (χ0n) is 19.9. The summed E-state index contributed by atoms with van der Waals surface area (Å²) in [6.07, 6.45) is 1.88. The Hall–Kier alpha value is -2.92. The molecule has 2 aliphatic rings. The predicted molar refractivity (Wildman–Crippen MR) is 132 cm³/mol. The van der Waals surface area contributed by atoms with Crippen molar-refractivity contribution in [2.75, 3.05) is 52.2 Å². The van der Waals surface area contributed by atoms with Crippen molar-refractivity contribution in [3.05, 3.63) is 65.5 Å². The van der Waals surface area contributed by atoms with E-state index in [0.29, 0.717) is 25.3 Å². The Kier molecular flexibility index (Phi) is 7.84. The van der Waals surface area contributed by atoms with Gasteiger partial charge in [0.05, 0.1) is 13.2 Å². The van der Waals surface area contributed by atoms with Crippen molar-refractivity contribution in [1.29, 1.82) is 0 Å². The van der Waals surface area contributed by atoms with Crippen LogP contribution in [-0.2, 0) is 0 Å². The molecule has 2 N–H and O–H groups in total. The van der Waals surface area contributed by atoms with Gasteiger partial charge in [-0.3, -0.25) is 9.80 Å². The van der Waals surface area contributed by atoms with Gasteiger partial charge in [0.2, 0.25) is 0 Å². The van der Waals surface area contributed by atoms with Gasteiger partial charge in [-0.15, -0.1) is 0 Å². The number of aliphatic hydroxyl groups is 1. The molecule has 2 aliphatic heterocycles. The molecule has 7 heteroatoms. The Morgan fingerprint density at radius 1 is 1.12 bits per heavy atom. The fourth-order valence-electron chi connectivity index (χ4n) is 4.95. The van der Waals surface area contributed by atoms with Crippen molar-refractivity contribution in [3.8, 4) is 11.8 Å². The first-order valence-electron chi connectivity index (χ1n) is 11.9. The summed E-state index contributed by atoms with van der Waals surface area (Å²) >= 11 is 0. The average Bonchev–Trinajstić information content (AvgIpc) is 2.80. The number of carbonyl (C=O) groups excluding carboxylic acids is 1. The molecular weight excluding hydrogens is 431 g/mol. The van der Waals surface area contributed by atoms with Gasteiger partial charge in [0.1, 0.15) is 5.82 Å². The molecule has 180 valence electrons. The summed E-state index contributed by atoms with van der Waals surface area (Å²) in [4.78, 5) is 19.2. The Labute approximate surface area is 201 Å². The highest BCUT2D eigenvalue weighted by molar-refractivity contribution is 5.89. The van der Waals surface area contributed by atoms with E-state index in [2.05, 4.69) is 34.2 Å². The number of benzene rings is 2. The SMILES string of the molecule is CN(C)CC#Cc1ccc([C@H]2[C@@H](CO)N3CCCCN(C(=O)Nc4ccc(F)cc4)C[C@@H]23)cc1. The zero-order chi connectivity index (χ0) is 24.1. The van der Waals surface area contributed by atoms with Crippen LogP contribution in [0.1, 0.15) is 29.9 Å². The van der Waals surface area contributed by atoms with Crippen LogP contribution in [0.15, 0.2) is 48.5 Å². The van der Waals surface area contributed by atoms with Gasteiger partial charge in [0.25, 0.3) is 0 Å². The molecule has 2 aromatic carbocycles. The number of nitrogens with one attached hydrogen (secondary N) is 1. The molecule has 2 saturated heterocycles. The second-order valence-electron chi connectivity index (χ2n) is 9.33. The predicted octanol–water partition coefficient (Wildman–Crippen LogP) is 3.20.